The highest BCUT2D eigenvalue weighted by Crippen LogP contribution is 2.21. The minimum absolute atomic E-state index is 0.349. The topological polar surface area (TPSA) is 31.6 Å². The quantitative estimate of drug-likeness (QED) is 0.849. The van der Waals surface area contributed by atoms with Gasteiger partial charge in [-0.3, -0.25) is 9.80 Å². The standard InChI is InChI=1S/C13H23N3O/c1-11-4-5-13(17-11)12(15(2)3)10-16-8-6-14-7-9-16/h4-5,12,14H,6-10H2,1-3H3. The van der Waals surface area contributed by atoms with E-state index in [9.17, 15) is 0 Å². The maximum absolute atomic E-state index is 5.76. The zero-order valence-electron chi connectivity index (χ0n) is 11.1. The fraction of sp³-hybridized carbons (Fsp3) is 0.692. The van der Waals surface area contributed by atoms with Crippen molar-refractivity contribution in [1.29, 1.82) is 0 Å². The van der Waals surface area contributed by atoms with Crippen LogP contribution < -0.4 is 5.32 Å². The van der Waals surface area contributed by atoms with Crippen LogP contribution in [0.25, 0.3) is 0 Å². The molecule has 2 heterocycles. The molecular formula is C13H23N3O. The van der Waals surface area contributed by atoms with Crippen molar-refractivity contribution in [2.45, 2.75) is 13.0 Å². The molecule has 1 aromatic heterocycles. The maximum atomic E-state index is 5.76. The Morgan fingerprint density at radius 1 is 1.35 bits per heavy atom. The summed E-state index contributed by atoms with van der Waals surface area (Å²) in [4.78, 5) is 4.74. The van der Waals surface area contributed by atoms with Gasteiger partial charge in [0.2, 0.25) is 0 Å². The summed E-state index contributed by atoms with van der Waals surface area (Å²) in [7, 11) is 4.23. The van der Waals surface area contributed by atoms with E-state index < -0.39 is 0 Å². The van der Waals surface area contributed by atoms with E-state index in [1.54, 1.807) is 0 Å². The molecule has 1 aliphatic heterocycles. The molecule has 0 amide bonds. The van der Waals surface area contributed by atoms with Crippen LogP contribution in [-0.4, -0.2) is 56.6 Å². The molecule has 4 heteroatoms. The first-order chi connectivity index (χ1) is 8.16. The van der Waals surface area contributed by atoms with Crippen LogP contribution >= 0.6 is 0 Å². The van der Waals surface area contributed by atoms with E-state index in [-0.39, 0.29) is 0 Å². The highest BCUT2D eigenvalue weighted by molar-refractivity contribution is 5.10. The van der Waals surface area contributed by atoms with Gasteiger partial charge in [-0.25, -0.2) is 0 Å². The van der Waals surface area contributed by atoms with Gasteiger partial charge in [-0.05, 0) is 33.2 Å². The van der Waals surface area contributed by atoms with Crippen molar-refractivity contribution in [3.8, 4) is 0 Å². The zero-order valence-corrected chi connectivity index (χ0v) is 11.1. The average molecular weight is 237 g/mol. The molecule has 1 aromatic rings. The molecule has 1 aliphatic rings. The molecular weight excluding hydrogens is 214 g/mol. The van der Waals surface area contributed by atoms with E-state index in [0.29, 0.717) is 6.04 Å². The highest BCUT2D eigenvalue weighted by atomic mass is 16.3. The fourth-order valence-corrected chi connectivity index (χ4v) is 2.28. The van der Waals surface area contributed by atoms with Gasteiger partial charge >= 0.3 is 0 Å². The van der Waals surface area contributed by atoms with Crippen LogP contribution in [0.5, 0.6) is 0 Å². The Labute approximate surface area is 104 Å². The highest BCUT2D eigenvalue weighted by Gasteiger charge is 2.21. The Morgan fingerprint density at radius 2 is 2.06 bits per heavy atom. The van der Waals surface area contributed by atoms with Crippen molar-refractivity contribution in [2.75, 3.05) is 46.8 Å². The zero-order chi connectivity index (χ0) is 12.3. The Balaban J connectivity index is 2.01. The predicted molar refractivity (Wildman–Crippen MR) is 69.2 cm³/mol. The second-order valence-corrected chi connectivity index (χ2v) is 4.98. The molecule has 0 aromatic carbocycles. The lowest BCUT2D eigenvalue weighted by Crippen LogP contribution is -2.46. The first-order valence-corrected chi connectivity index (χ1v) is 6.32. The molecule has 0 saturated carbocycles. The second-order valence-electron chi connectivity index (χ2n) is 4.98. The first kappa shape index (κ1) is 12.6. The van der Waals surface area contributed by atoms with E-state index >= 15 is 0 Å². The molecule has 1 unspecified atom stereocenters. The summed E-state index contributed by atoms with van der Waals surface area (Å²) < 4.78 is 5.76. The van der Waals surface area contributed by atoms with E-state index in [0.717, 1.165) is 44.2 Å². The summed E-state index contributed by atoms with van der Waals surface area (Å²) in [5.74, 6) is 2.07. The summed E-state index contributed by atoms with van der Waals surface area (Å²) in [6.45, 7) is 7.49. The van der Waals surface area contributed by atoms with Gasteiger partial charge < -0.3 is 9.73 Å². The minimum atomic E-state index is 0.349. The van der Waals surface area contributed by atoms with Crippen molar-refractivity contribution < 1.29 is 4.42 Å². The summed E-state index contributed by atoms with van der Waals surface area (Å²) >= 11 is 0. The minimum Gasteiger partial charge on any atom is -0.465 e. The molecule has 1 N–H and O–H groups in total. The van der Waals surface area contributed by atoms with E-state index in [2.05, 4.69) is 35.3 Å². The maximum Gasteiger partial charge on any atom is 0.122 e. The number of furan rings is 1. The van der Waals surface area contributed by atoms with Gasteiger partial charge in [-0.2, -0.15) is 0 Å². The van der Waals surface area contributed by atoms with Crippen LogP contribution in [0.2, 0.25) is 0 Å². The molecule has 1 fully saturated rings. The van der Waals surface area contributed by atoms with Crippen LogP contribution in [0.15, 0.2) is 16.5 Å². The average Bonchev–Trinajstić information content (AvgIpc) is 2.73. The van der Waals surface area contributed by atoms with Crippen molar-refractivity contribution in [3.63, 3.8) is 0 Å². The number of nitrogens with zero attached hydrogens (tertiary/aromatic N) is 2. The Kier molecular flexibility index (Phi) is 4.20. The smallest absolute Gasteiger partial charge is 0.122 e. The normalized spacial score (nSPS) is 19.8. The largest absolute Gasteiger partial charge is 0.465 e. The molecule has 1 saturated heterocycles. The molecule has 0 bridgehead atoms. The van der Waals surface area contributed by atoms with Crippen molar-refractivity contribution >= 4 is 0 Å². The van der Waals surface area contributed by atoms with Crippen molar-refractivity contribution in [3.05, 3.63) is 23.7 Å². The second kappa shape index (κ2) is 5.67. The van der Waals surface area contributed by atoms with Gasteiger partial charge in [0.1, 0.15) is 11.5 Å². The molecule has 2 rings (SSSR count). The van der Waals surface area contributed by atoms with E-state index in [4.69, 9.17) is 4.42 Å². The summed E-state index contributed by atoms with van der Waals surface area (Å²) in [5, 5.41) is 3.38. The van der Waals surface area contributed by atoms with Crippen LogP contribution in [-0.2, 0) is 0 Å². The van der Waals surface area contributed by atoms with Gasteiger partial charge in [-0.15, -0.1) is 0 Å². The van der Waals surface area contributed by atoms with Gasteiger partial charge in [0.25, 0.3) is 0 Å². The molecule has 17 heavy (non-hydrogen) atoms. The number of hydrogen-bond donors (Lipinski definition) is 1. The first-order valence-electron chi connectivity index (χ1n) is 6.32. The van der Waals surface area contributed by atoms with Crippen LogP contribution in [0.4, 0.5) is 0 Å². The molecule has 0 spiro atoms. The van der Waals surface area contributed by atoms with Crippen molar-refractivity contribution in [2.24, 2.45) is 0 Å². The van der Waals surface area contributed by atoms with E-state index in [1.165, 1.54) is 0 Å². The van der Waals surface area contributed by atoms with Crippen LogP contribution in [0.3, 0.4) is 0 Å². The SMILES string of the molecule is Cc1ccc(C(CN2CCNCC2)N(C)C)o1. The van der Waals surface area contributed by atoms with Gasteiger partial charge in [-0.1, -0.05) is 0 Å². The summed E-state index contributed by atoms with van der Waals surface area (Å²) in [6, 6.07) is 4.49. The number of likely N-dealkylation sites (N-methyl/N-ethyl adjacent to an activating group) is 1. The van der Waals surface area contributed by atoms with Crippen molar-refractivity contribution in [1.82, 2.24) is 15.1 Å². The monoisotopic (exact) mass is 237 g/mol. The summed E-state index contributed by atoms with van der Waals surface area (Å²) in [6.07, 6.45) is 0. The van der Waals surface area contributed by atoms with E-state index in [1.807, 2.05) is 13.0 Å². The molecule has 4 nitrogen and oxygen atoms in total. The number of nitrogens with one attached hydrogen (secondary N) is 1. The fourth-order valence-electron chi connectivity index (χ4n) is 2.28. The number of hydrogen-bond acceptors (Lipinski definition) is 4. The van der Waals surface area contributed by atoms with Gasteiger partial charge in [0.15, 0.2) is 0 Å². The van der Waals surface area contributed by atoms with Gasteiger partial charge in [0.05, 0.1) is 6.04 Å². The third-order valence-electron chi connectivity index (χ3n) is 3.35. The molecule has 0 radical (unpaired) electrons. The lowest BCUT2D eigenvalue weighted by Gasteiger charge is -2.32. The molecule has 1 atom stereocenters. The number of piperazine rings is 1. The Bertz CT molecular complexity index is 342. The summed E-state index contributed by atoms with van der Waals surface area (Å²) in [5.41, 5.74) is 0. The number of rotatable bonds is 4. The lowest BCUT2D eigenvalue weighted by molar-refractivity contribution is 0.153. The predicted octanol–water partition coefficient (Wildman–Crippen LogP) is 1.10. The van der Waals surface area contributed by atoms with Gasteiger partial charge in [0, 0.05) is 32.7 Å². The van der Waals surface area contributed by atoms with Crippen LogP contribution in [0.1, 0.15) is 17.6 Å². The molecule has 0 aliphatic carbocycles. The molecule has 96 valence electrons. The Morgan fingerprint density at radius 3 is 2.59 bits per heavy atom. The third-order valence-corrected chi connectivity index (χ3v) is 3.35. The third kappa shape index (κ3) is 3.31. The lowest BCUT2D eigenvalue weighted by atomic mass is 10.2. The van der Waals surface area contributed by atoms with Crippen LogP contribution in [0, 0.1) is 6.92 Å². The number of aryl methyl sites for hydroxylation is 1. The Hall–Kier alpha value is -0.840.